The van der Waals surface area contributed by atoms with E-state index in [-0.39, 0.29) is 0 Å². The molecule has 1 aromatic carbocycles. The van der Waals surface area contributed by atoms with Crippen molar-refractivity contribution in [2.45, 2.75) is 46.0 Å². The van der Waals surface area contributed by atoms with Crippen LogP contribution in [0.5, 0.6) is 5.75 Å². The van der Waals surface area contributed by atoms with Gasteiger partial charge in [0.25, 0.3) is 0 Å². The zero-order valence-corrected chi connectivity index (χ0v) is 13.3. The normalized spacial score (nSPS) is 16.0. The largest absolute Gasteiger partial charge is 0.493 e. The highest BCUT2D eigenvalue weighted by atomic mass is 16.5. The summed E-state index contributed by atoms with van der Waals surface area (Å²) < 4.78 is 5.93. The summed E-state index contributed by atoms with van der Waals surface area (Å²) in [5, 5.41) is 0. The summed E-state index contributed by atoms with van der Waals surface area (Å²) in [6, 6.07) is 8.14. The molecule has 0 atom stereocenters. The minimum atomic E-state index is 0.329. The summed E-state index contributed by atoms with van der Waals surface area (Å²) >= 11 is 0. The molecule has 0 radical (unpaired) electrons. The first-order valence-electron chi connectivity index (χ1n) is 8.17. The van der Waals surface area contributed by atoms with E-state index in [0.717, 1.165) is 51.1 Å². The first kappa shape index (κ1) is 15.9. The quantitative estimate of drug-likeness (QED) is 0.797. The molecule has 3 nitrogen and oxygen atoms in total. The van der Waals surface area contributed by atoms with Crippen molar-refractivity contribution >= 4 is 5.91 Å². The minimum Gasteiger partial charge on any atom is -0.493 e. The van der Waals surface area contributed by atoms with Gasteiger partial charge in [-0.15, -0.1) is 0 Å². The van der Waals surface area contributed by atoms with Gasteiger partial charge in [0.2, 0.25) is 5.91 Å². The van der Waals surface area contributed by atoms with Crippen LogP contribution in [0.1, 0.15) is 44.6 Å². The maximum Gasteiger partial charge on any atom is 0.222 e. The van der Waals surface area contributed by atoms with Crippen LogP contribution in [0.2, 0.25) is 0 Å². The van der Waals surface area contributed by atoms with E-state index < -0.39 is 0 Å². The standard InChI is InChI=1S/C18H27NO2/c1-3-4-9-18(20)19-12-10-16(11-13-19)14-21-17-8-6-5-7-15(17)2/h5-8,16H,3-4,9-14H2,1-2H3. The molecule has 1 amide bonds. The SMILES string of the molecule is CCCCC(=O)N1CCC(COc2ccccc2C)CC1. The second kappa shape index (κ2) is 8.06. The molecular weight excluding hydrogens is 262 g/mol. The van der Waals surface area contributed by atoms with Crippen LogP contribution in [0.3, 0.4) is 0 Å². The van der Waals surface area contributed by atoms with Crippen molar-refractivity contribution in [2.24, 2.45) is 5.92 Å². The molecule has 0 aliphatic carbocycles. The molecule has 1 aliphatic rings. The van der Waals surface area contributed by atoms with Gasteiger partial charge in [0, 0.05) is 19.5 Å². The summed E-state index contributed by atoms with van der Waals surface area (Å²) in [6.07, 6.45) is 4.93. The molecule has 1 fully saturated rings. The number of benzene rings is 1. The molecular formula is C18H27NO2. The van der Waals surface area contributed by atoms with Gasteiger partial charge in [-0.2, -0.15) is 0 Å². The van der Waals surface area contributed by atoms with Crippen LogP contribution < -0.4 is 4.74 Å². The average Bonchev–Trinajstić information content (AvgIpc) is 2.52. The Morgan fingerprint density at radius 3 is 2.67 bits per heavy atom. The zero-order valence-electron chi connectivity index (χ0n) is 13.3. The molecule has 21 heavy (non-hydrogen) atoms. The summed E-state index contributed by atoms with van der Waals surface area (Å²) in [6.45, 7) is 6.75. The number of nitrogens with zero attached hydrogens (tertiary/aromatic N) is 1. The molecule has 0 spiro atoms. The molecule has 2 rings (SSSR count). The number of hydrogen-bond acceptors (Lipinski definition) is 2. The first-order valence-corrected chi connectivity index (χ1v) is 8.17. The van der Waals surface area contributed by atoms with Crippen LogP contribution in [0.15, 0.2) is 24.3 Å². The van der Waals surface area contributed by atoms with E-state index in [1.165, 1.54) is 5.56 Å². The number of carbonyl (C=O) groups excluding carboxylic acids is 1. The molecule has 1 aromatic rings. The van der Waals surface area contributed by atoms with Crippen molar-refractivity contribution in [1.82, 2.24) is 4.90 Å². The highest BCUT2D eigenvalue weighted by Gasteiger charge is 2.22. The maximum atomic E-state index is 12.0. The van der Waals surface area contributed by atoms with Crippen molar-refractivity contribution in [2.75, 3.05) is 19.7 Å². The van der Waals surface area contributed by atoms with E-state index in [2.05, 4.69) is 19.9 Å². The van der Waals surface area contributed by atoms with Crippen molar-refractivity contribution < 1.29 is 9.53 Å². The van der Waals surface area contributed by atoms with E-state index in [9.17, 15) is 4.79 Å². The van der Waals surface area contributed by atoms with Gasteiger partial charge >= 0.3 is 0 Å². The lowest BCUT2D eigenvalue weighted by atomic mass is 9.97. The van der Waals surface area contributed by atoms with Crippen molar-refractivity contribution in [1.29, 1.82) is 0 Å². The number of likely N-dealkylation sites (tertiary alicyclic amines) is 1. The third-order valence-corrected chi connectivity index (χ3v) is 4.28. The molecule has 1 saturated heterocycles. The van der Waals surface area contributed by atoms with Gasteiger partial charge in [0.05, 0.1) is 6.61 Å². The number of rotatable bonds is 6. The second-order valence-corrected chi connectivity index (χ2v) is 6.00. The van der Waals surface area contributed by atoms with E-state index in [1.807, 2.05) is 23.1 Å². The van der Waals surface area contributed by atoms with E-state index in [0.29, 0.717) is 18.2 Å². The summed E-state index contributed by atoms with van der Waals surface area (Å²) in [4.78, 5) is 14.0. The Morgan fingerprint density at radius 1 is 1.29 bits per heavy atom. The fourth-order valence-corrected chi connectivity index (χ4v) is 2.76. The Labute approximate surface area is 128 Å². The van der Waals surface area contributed by atoms with Gasteiger partial charge in [-0.25, -0.2) is 0 Å². The number of piperidine rings is 1. The number of aryl methyl sites for hydroxylation is 1. The molecule has 0 unspecified atom stereocenters. The van der Waals surface area contributed by atoms with Gasteiger partial charge in [0.15, 0.2) is 0 Å². The van der Waals surface area contributed by atoms with Gasteiger partial charge in [-0.3, -0.25) is 4.79 Å². The Balaban J connectivity index is 1.72. The number of hydrogen-bond donors (Lipinski definition) is 0. The third kappa shape index (κ3) is 4.76. The molecule has 0 saturated carbocycles. The van der Waals surface area contributed by atoms with Crippen LogP contribution in [-0.2, 0) is 4.79 Å². The fourth-order valence-electron chi connectivity index (χ4n) is 2.76. The third-order valence-electron chi connectivity index (χ3n) is 4.28. The van der Waals surface area contributed by atoms with Crippen LogP contribution in [-0.4, -0.2) is 30.5 Å². The predicted molar refractivity (Wildman–Crippen MR) is 85.5 cm³/mol. The Kier molecular flexibility index (Phi) is 6.09. The van der Waals surface area contributed by atoms with Crippen LogP contribution in [0, 0.1) is 12.8 Å². The number of carbonyl (C=O) groups is 1. The van der Waals surface area contributed by atoms with Crippen LogP contribution in [0.25, 0.3) is 0 Å². The summed E-state index contributed by atoms with van der Waals surface area (Å²) in [5.74, 6) is 1.88. The Morgan fingerprint density at radius 2 is 2.00 bits per heavy atom. The average molecular weight is 289 g/mol. The first-order chi connectivity index (χ1) is 10.2. The zero-order chi connectivity index (χ0) is 15.1. The molecule has 3 heteroatoms. The van der Waals surface area contributed by atoms with E-state index in [4.69, 9.17) is 4.74 Å². The van der Waals surface area contributed by atoms with E-state index >= 15 is 0 Å². The lowest BCUT2D eigenvalue weighted by molar-refractivity contribution is -0.132. The number of ether oxygens (including phenoxy) is 1. The van der Waals surface area contributed by atoms with Gasteiger partial charge in [-0.05, 0) is 43.7 Å². The topological polar surface area (TPSA) is 29.5 Å². The van der Waals surface area contributed by atoms with Crippen molar-refractivity contribution in [3.05, 3.63) is 29.8 Å². The smallest absolute Gasteiger partial charge is 0.222 e. The predicted octanol–water partition coefficient (Wildman–Crippen LogP) is 3.80. The van der Waals surface area contributed by atoms with Crippen molar-refractivity contribution in [3.63, 3.8) is 0 Å². The fraction of sp³-hybridized carbons (Fsp3) is 0.611. The minimum absolute atomic E-state index is 0.329. The molecule has 0 N–H and O–H groups in total. The summed E-state index contributed by atoms with van der Waals surface area (Å²) in [7, 11) is 0. The van der Waals surface area contributed by atoms with Crippen LogP contribution >= 0.6 is 0 Å². The molecule has 0 bridgehead atoms. The van der Waals surface area contributed by atoms with E-state index in [1.54, 1.807) is 0 Å². The Hall–Kier alpha value is -1.51. The van der Waals surface area contributed by atoms with Gasteiger partial charge in [0.1, 0.15) is 5.75 Å². The van der Waals surface area contributed by atoms with Crippen LogP contribution in [0.4, 0.5) is 0 Å². The lowest BCUT2D eigenvalue weighted by Gasteiger charge is -2.32. The molecule has 0 aromatic heterocycles. The highest BCUT2D eigenvalue weighted by Crippen LogP contribution is 2.22. The summed E-state index contributed by atoms with van der Waals surface area (Å²) in [5.41, 5.74) is 1.18. The van der Waals surface area contributed by atoms with Gasteiger partial charge < -0.3 is 9.64 Å². The molecule has 116 valence electrons. The number of para-hydroxylation sites is 1. The Bertz CT molecular complexity index is 450. The number of unbranched alkanes of at least 4 members (excludes halogenated alkanes) is 1. The molecule has 1 heterocycles. The van der Waals surface area contributed by atoms with Gasteiger partial charge in [-0.1, -0.05) is 31.5 Å². The monoisotopic (exact) mass is 289 g/mol. The lowest BCUT2D eigenvalue weighted by Crippen LogP contribution is -2.39. The second-order valence-electron chi connectivity index (χ2n) is 6.00. The molecule has 1 aliphatic heterocycles. The maximum absolute atomic E-state index is 12.0. The van der Waals surface area contributed by atoms with Crippen molar-refractivity contribution in [3.8, 4) is 5.75 Å². The number of amides is 1. The highest BCUT2D eigenvalue weighted by molar-refractivity contribution is 5.76.